The largest absolute Gasteiger partial charge is 0.493 e. The highest BCUT2D eigenvalue weighted by Crippen LogP contribution is 2.40. The van der Waals surface area contributed by atoms with Crippen LogP contribution in [0.2, 0.25) is 0 Å². The maximum Gasteiger partial charge on any atom is 0.303 e. The molecule has 2 aliphatic rings. The van der Waals surface area contributed by atoms with E-state index in [1.54, 1.807) is 14.2 Å². The van der Waals surface area contributed by atoms with E-state index in [9.17, 15) is 14.7 Å². The van der Waals surface area contributed by atoms with Crippen molar-refractivity contribution in [1.29, 1.82) is 0 Å². The average molecular weight is 737 g/mol. The Kier molecular flexibility index (Phi) is 13.7. The molecule has 0 saturated carbocycles. The summed E-state index contributed by atoms with van der Waals surface area (Å²) < 4.78 is 24.5. The highest BCUT2D eigenvalue weighted by Gasteiger charge is 2.34. The van der Waals surface area contributed by atoms with Crippen molar-refractivity contribution in [1.82, 2.24) is 10.2 Å². The summed E-state index contributed by atoms with van der Waals surface area (Å²) >= 11 is 0. The number of rotatable bonds is 17. The molecule has 3 N–H and O–H groups in total. The zero-order valence-corrected chi connectivity index (χ0v) is 31.3. The van der Waals surface area contributed by atoms with Crippen LogP contribution in [0.25, 0.3) is 11.1 Å². The van der Waals surface area contributed by atoms with Gasteiger partial charge >= 0.3 is 5.97 Å². The number of aliphatic hydroxyl groups is 1. The number of fused-ring (bicyclic) bond motifs is 1. The maximum absolute atomic E-state index is 12.4. The summed E-state index contributed by atoms with van der Waals surface area (Å²) in [5.41, 5.74) is 8.50. The number of carbonyl (C=O) groups is 2. The van der Waals surface area contributed by atoms with E-state index in [2.05, 4.69) is 58.7 Å². The van der Waals surface area contributed by atoms with Gasteiger partial charge in [0.05, 0.1) is 33.0 Å². The van der Waals surface area contributed by atoms with Crippen LogP contribution in [0.1, 0.15) is 90.7 Å². The summed E-state index contributed by atoms with van der Waals surface area (Å²) in [6, 6.07) is 28.6. The summed E-state index contributed by atoms with van der Waals surface area (Å²) in [5.74, 6) is 0.725. The lowest BCUT2D eigenvalue weighted by Gasteiger charge is -2.39. The van der Waals surface area contributed by atoms with Crippen LogP contribution in [0.4, 0.5) is 0 Å². The Hall–Kier alpha value is -4.74. The second kappa shape index (κ2) is 19.0. The Morgan fingerprint density at radius 3 is 2.20 bits per heavy atom. The molecule has 286 valence electrons. The summed E-state index contributed by atoms with van der Waals surface area (Å²) in [6.45, 7) is 2.91. The summed E-state index contributed by atoms with van der Waals surface area (Å²) in [5, 5.41) is 21.4. The molecule has 0 bridgehead atoms. The summed E-state index contributed by atoms with van der Waals surface area (Å²) in [4.78, 5) is 25.5. The van der Waals surface area contributed by atoms with Crippen LogP contribution in [0, 0.1) is 0 Å². The van der Waals surface area contributed by atoms with Crippen molar-refractivity contribution >= 4 is 11.9 Å². The number of nitrogens with zero attached hydrogens (tertiary/aromatic N) is 1. The summed E-state index contributed by atoms with van der Waals surface area (Å²) in [6.07, 6.45) is 4.51. The molecular weight excluding hydrogens is 684 g/mol. The van der Waals surface area contributed by atoms with Gasteiger partial charge in [-0.1, -0.05) is 79.6 Å². The van der Waals surface area contributed by atoms with Gasteiger partial charge in [-0.15, -0.1) is 0 Å². The van der Waals surface area contributed by atoms with Gasteiger partial charge in [0, 0.05) is 51.0 Å². The minimum absolute atomic E-state index is 0.00224. The van der Waals surface area contributed by atoms with Crippen molar-refractivity contribution in [2.75, 3.05) is 27.3 Å². The van der Waals surface area contributed by atoms with E-state index in [0.717, 1.165) is 90.2 Å². The normalized spacial score (nSPS) is 18.5. The molecule has 3 atom stereocenters. The molecule has 1 fully saturated rings. The van der Waals surface area contributed by atoms with E-state index in [1.807, 2.05) is 36.4 Å². The highest BCUT2D eigenvalue weighted by atomic mass is 16.7. The molecule has 2 aliphatic heterocycles. The monoisotopic (exact) mass is 736 g/mol. The van der Waals surface area contributed by atoms with Crippen molar-refractivity contribution in [2.45, 2.75) is 89.6 Å². The summed E-state index contributed by atoms with van der Waals surface area (Å²) in [7, 11) is 3.34. The minimum Gasteiger partial charge on any atom is -0.493 e. The third-order valence-corrected chi connectivity index (χ3v) is 10.4. The number of methoxy groups -OCH3 is 2. The third kappa shape index (κ3) is 10.5. The number of ether oxygens (including phenoxy) is 4. The Morgan fingerprint density at radius 1 is 0.796 bits per heavy atom. The lowest BCUT2D eigenvalue weighted by Crippen LogP contribution is -2.41. The number of carboxylic acids is 1. The van der Waals surface area contributed by atoms with Gasteiger partial charge in [0.2, 0.25) is 5.91 Å². The molecule has 54 heavy (non-hydrogen) atoms. The molecule has 4 aromatic carbocycles. The van der Waals surface area contributed by atoms with E-state index < -0.39 is 12.3 Å². The maximum atomic E-state index is 12.4. The number of amides is 1. The number of carbonyl (C=O) groups excluding carboxylic acids is 1. The lowest BCUT2D eigenvalue weighted by atomic mass is 9.96. The zero-order valence-electron chi connectivity index (χ0n) is 31.3. The van der Waals surface area contributed by atoms with Crippen molar-refractivity contribution in [3.8, 4) is 22.6 Å². The number of carboxylic acid groups (broad SMARTS) is 1. The van der Waals surface area contributed by atoms with Crippen LogP contribution in [0.5, 0.6) is 11.5 Å². The molecule has 1 saturated heterocycles. The van der Waals surface area contributed by atoms with Crippen molar-refractivity contribution in [2.24, 2.45) is 0 Å². The number of benzene rings is 4. The molecule has 0 spiro atoms. The molecule has 0 aromatic heterocycles. The Labute approximate surface area is 318 Å². The molecular formula is C44H52N2O8. The lowest BCUT2D eigenvalue weighted by molar-refractivity contribution is -0.253. The Balaban J connectivity index is 1.10. The average Bonchev–Trinajstić information content (AvgIpc) is 3.20. The molecule has 6 rings (SSSR count). The fraction of sp³-hybridized carbons (Fsp3) is 0.409. The fourth-order valence-corrected chi connectivity index (χ4v) is 7.32. The molecule has 10 nitrogen and oxygen atoms in total. The Morgan fingerprint density at radius 2 is 1.50 bits per heavy atom. The van der Waals surface area contributed by atoms with Gasteiger partial charge < -0.3 is 34.5 Å². The van der Waals surface area contributed by atoms with Crippen LogP contribution in [0.3, 0.4) is 0 Å². The number of hydrogen-bond acceptors (Lipinski definition) is 8. The third-order valence-electron chi connectivity index (χ3n) is 10.4. The number of hydrogen-bond donors (Lipinski definition) is 3. The second-order valence-corrected chi connectivity index (χ2v) is 14.2. The van der Waals surface area contributed by atoms with Gasteiger partial charge in [0.25, 0.3) is 0 Å². The predicted octanol–water partition coefficient (Wildman–Crippen LogP) is 7.51. The van der Waals surface area contributed by atoms with Gasteiger partial charge in [-0.3, -0.25) is 14.5 Å². The van der Waals surface area contributed by atoms with Gasteiger partial charge in [-0.25, -0.2) is 0 Å². The van der Waals surface area contributed by atoms with Gasteiger partial charge in [0.1, 0.15) is 0 Å². The zero-order chi connectivity index (χ0) is 37.9. The molecule has 4 aromatic rings. The number of nitrogens with one attached hydrogen (secondary N) is 1. The standard InChI is InChI=1S/C44H52N2O8/c1-51-40-23-36-20-21-46(27-37(36)24-41(40)52-2)28-38-25-39(33-14-12-30(29-47)13-15-33)54-44(53-38)34-18-16-32(17-19-34)35-9-7-8-31(22-35)26-45-42(48)10-5-3-4-6-11-43(49)50/h7-9,12-19,22-24,38-39,44,47H,3-6,10-11,20-21,25-29H2,1-2H3,(H,45,48)(H,49,50)/t38-,39+,44+/m0/s1. The van der Waals surface area contributed by atoms with Crippen molar-refractivity contribution < 1.29 is 38.7 Å². The highest BCUT2D eigenvalue weighted by molar-refractivity contribution is 5.76. The fourth-order valence-electron chi connectivity index (χ4n) is 7.32. The molecule has 10 heteroatoms. The molecule has 1 amide bonds. The molecule has 2 heterocycles. The van der Waals surface area contributed by atoms with Crippen LogP contribution >= 0.6 is 0 Å². The smallest absolute Gasteiger partial charge is 0.303 e. The Bertz CT molecular complexity index is 1840. The number of aliphatic hydroxyl groups excluding tert-OH is 1. The van der Waals surface area contributed by atoms with Crippen molar-refractivity contribution in [3.63, 3.8) is 0 Å². The first-order chi connectivity index (χ1) is 26.3. The predicted molar refractivity (Wildman–Crippen MR) is 206 cm³/mol. The van der Waals surface area contributed by atoms with E-state index in [4.69, 9.17) is 24.1 Å². The van der Waals surface area contributed by atoms with Gasteiger partial charge in [0.15, 0.2) is 17.8 Å². The van der Waals surface area contributed by atoms with Gasteiger partial charge in [-0.05, 0) is 76.4 Å². The van der Waals surface area contributed by atoms with E-state index in [0.29, 0.717) is 25.8 Å². The quantitative estimate of drug-likeness (QED) is 0.0945. The first kappa shape index (κ1) is 39.0. The van der Waals surface area contributed by atoms with Crippen LogP contribution < -0.4 is 14.8 Å². The second-order valence-electron chi connectivity index (χ2n) is 14.2. The topological polar surface area (TPSA) is 127 Å². The minimum atomic E-state index is -0.775. The van der Waals surface area contributed by atoms with Gasteiger partial charge in [-0.2, -0.15) is 0 Å². The molecule has 0 unspecified atom stereocenters. The van der Waals surface area contributed by atoms with Crippen molar-refractivity contribution in [3.05, 3.63) is 118 Å². The number of aliphatic carboxylic acids is 1. The van der Waals surface area contributed by atoms with E-state index in [-0.39, 0.29) is 31.1 Å². The van der Waals surface area contributed by atoms with E-state index in [1.165, 1.54) is 11.1 Å². The van der Waals surface area contributed by atoms with Crippen LogP contribution in [-0.4, -0.2) is 60.4 Å². The van der Waals surface area contributed by atoms with Crippen LogP contribution in [-0.2, 0) is 45.2 Å². The van der Waals surface area contributed by atoms with Crippen LogP contribution in [0.15, 0.2) is 84.9 Å². The number of unbranched alkanes of at least 4 members (excludes halogenated alkanes) is 3. The first-order valence-corrected chi connectivity index (χ1v) is 19.0. The molecule has 0 aliphatic carbocycles. The molecule has 0 radical (unpaired) electrons. The first-order valence-electron chi connectivity index (χ1n) is 19.0. The SMILES string of the molecule is COc1cc2c(cc1OC)CN(C[C@@H]1C[C@H](c3ccc(CO)cc3)O[C@H](c3ccc(-c4cccc(CNC(=O)CCCCCCC(=O)O)c4)cc3)O1)CC2. The van der Waals surface area contributed by atoms with E-state index >= 15 is 0 Å².